The first-order chi connectivity index (χ1) is 11.7. The number of ether oxygens (including phenoxy) is 1. The van der Waals surface area contributed by atoms with Gasteiger partial charge in [-0.15, -0.1) is 0 Å². The maximum absolute atomic E-state index is 6.12. The summed E-state index contributed by atoms with van der Waals surface area (Å²) in [5.41, 5.74) is 2.44. The molecule has 132 valence electrons. The van der Waals surface area contributed by atoms with Gasteiger partial charge in [0, 0.05) is 5.02 Å². The first kappa shape index (κ1) is 18.3. The molecular weight excluding hydrogens is 334 g/mol. The normalized spacial score (nSPS) is 18.4. The molecule has 3 nitrogen and oxygen atoms in total. The Kier molecular flexibility index (Phi) is 4.89. The monoisotopic (exact) mass is 358 g/mol. The van der Waals surface area contributed by atoms with Crippen molar-refractivity contribution in [3.63, 3.8) is 0 Å². The summed E-state index contributed by atoms with van der Waals surface area (Å²) in [6, 6.07) is 13.8. The molecule has 2 aromatic rings. The Bertz CT molecular complexity index is 757. The van der Waals surface area contributed by atoms with Gasteiger partial charge in [0.05, 0.1) is 11.2 Å². The van der Waals surface area contributed by atoms with Crippen molar-refractivity contribution >= 4 is 24.2 Å². The fraction of sp³-hybridized carbons (Fsp3) is 0.400. The molecule has 0 N–H and O–H groups in total. The zero-order chi connectivity index (χ0) is 18.2. The van der Waals surface area contributed by atoms with Crippen LogP contribution in [0.15, 0.2) is 42.5 Å². The summed E-state index contributed by atoms with van der Waals surface area (Å²) in [6.07, 6.45) is 0. The molecule has 0 saturated carbocycles. The van der Waals surface area contributed by atoms with Crippen LogP contribution in [0.4, 0.5) is 0 Å². The predicted octanol–water partition coefficient (Wildman–Crippen LogP) is 4.53. The average Bonchev–Trinajstić information content (AvgIpc) is 2.77. The lowest BCUT2D eigenvalue weighted by molar-refractivity contribution is 0.00578. The van der Waals surface area contributed by atoms with E-state index in [1.54, 1.807) is 0 Å². The number of benzene rings is 2. The van der Waals surface area contributed by atoms with Crippen LogP contribution < -0.4 is 10.2 Å². The van der Waals surface area contributed by atoms with Crippen LogP contribution in [0.25, 0.3) is 0 Å². The number of hydrogen-bond acceptors (Lipinski definition) is 3. The highest BCUT2D eigenvalue weighted by Crippen LogP contribution is 2.36. The maximum atomic E-state index is 6.12. The lowest BCUT2D eigenvalue weighted by Gasteiger charge is -2.32. The second-order valence-electron chi connectivity index (χ2n) is 7.53. The Morgan fingerprint density at radius 1 is 1.00 bits per heavy atom. The van der Waals surface area contributed by atoms with Gasteiger partial charge in [-0.25, -0.2) is 0 Å². The molecule has 1 saturated heterocycles. The van der Waals surface area contributed by atoms with Gasteiger partial charge in [0.2, 0.25) is 0 Å². The van der Waals surface area contributed by atoms with Gasteiger partial charge in [-0.05, 0) is 63.3 Å². The summed E-state index contributed by atoms with van der Waals surface area (Å²) in [5, 5.41) is 0.673. The van der Waals surface area contributed by atoms with Gasteiger partial charge in [-0.1, -0.05) is 41.9 Å². The first-order valence-electron chi connectivity index (χ1n) is 8.51. The van der Waals surface area contributed by atoms with E-state index >= 15 is 0 Å². The fourth-order valence-corrected chi connectivity index (χ4v) is 2.86. The average molecular weight is 359 g/mol. The van der Waals surface area contributed by atoms with E-state index in [1.165, 1.54) is 0 Å². The van der Waals surface area contributed by atoms with Crippen LogP contribution in [-0.4, -0.2) is 18.3 Å². The van der Waals surface area contributed by atoms with Gasteiger partial charge in [0.1, 0.15) is 12.4 Å². The molecule has 0 amide bonds. The minimum Gasteiger partial charge on any atom is -0.489 e. The van der Waals surface area contributed by atoms with E-state index < -0.39 is 0 Å². The number of rotatable bonds is 4. The van der Waals surface area contributed by atoms with Gasteiger partial charge in [0.25, 0.3) is 0 Å². The maximum Gasteiger partial charge on any atom is 0.494 e. The molecule has 0 bridgehead atoms. The second-order valence-corrected chi connectivity index (χ2v) is 7.97. The Balaban J connectivity index is 1.73. The molecule has 3 rings (SSSR count). The van der Waals surface area contributed by atoms with Crippen LogP contribution in [0.5, 0.6) is 5.75 Å². The lowest BCUT2D eigenvalue weighted by Crippen LogP contribution is -2.41. The third-order valence-electron chi connectivity index (χ3n) is 5.02. The molecule has 1 aliphatic heterocycles. The van der Waals surface area contributed by atoms with Gasteiger partial charge in [0.15, 0.2) is 0 Å². The lowest BCUT2D eigenvalue weighted by atomic mass is 9.78. The molecule has 0 aliphatic carbocycles. The van der Waals surface area contributed by atoms with Crippen molar-refractivity contribution in [3.05, 3.63) is 58.6 Å². The zero-order valence-electron chi connectivity index (χ0n) is 15.4. The standard InChI is InChI=1S/C20H24BClO3/c1-14-9-10-17(22)12-18(14)23-13-15-7-6-8-16(11-15)21-24-19(2,3)20(4,5)25-21/h6-12H,13H2,1-5H3. The minimum absolute atomic E-state index is 0.345. The molecule has 1 aliphatic rings. The van der Waals surface area contributed by atoms with Gasteiger partial charge >= 0.3 is 7.12 Å². The fourth-order valence-electron chi connectivity index (χ4n) is 2.70. The van der Waals surface area contributed by atoms with Crippen LogP contribution in [0.3, 0.4) is 0 Å². The van der Waals surface area contributed by atoms with E-state index in [0.717, 1.165) is 22.3 Å². The molecule has 1 fully saturated rings. The Hall–Kier alpha value is -1.49. The van der Waals surface area contributed by atoms with Crippen LogP contribution in [0, 0.1) is 6.92 Å². The number of aryl methyl sites for hydroxylation is 1. The highest BCUT2D eigenvalue weighted by Gasteiger charge is 2.51. The Labute approximate surface area is 155 Å². The molecule has 2 aromatic carbocycles. The van der Waals surface area contributed by atoms with Crippen molar-refractivity contribution in [2.24, 2.45) is 0 Å². The van der Waals surface area contributed by atoms with Crippen LogP contribution in [-0.2, 0) is 15.9 Å². The van der Waals surface area contributed by atoms with Gasteiger partial charge < -0.3 is 14.0 Å². The van der Waals surface area contributed by atoms with Crippen molar-refractivity contribution < 1.29 is 14.0 Å². The SMILES string of the molecule is Cc1ccc(Cl)cc1OCc1cccc(B2OC(C)(C)C(C)(C)O2)c1. The summed E-state index contributed by atoms with van der Waals surface area (Å²) >= 11 is 6.05. The molecule has 0 spiro atoms. The van der Waals surface area contributed by atoms with Crippen LogP contribution in [0.1, 0.15) is 38.8 Å². The highest BCUT2D eigenvalue weighted by molar-refractivity contribution is 6.62. The van der Waals surface area contributed by atoms with E-state index in [2.05, 4.69) is 33.8 Å². The molecule has 5 heteroatoms. The molecule has 25 heavy (non-hydrogen) atoms. The molecular formula is C20H24BClO3. The largest absolute Gasteiger partial charge is 0.494 e. The first-order valence-corrected chi connectivity index (χ1v) is 8.89. The van der Waals surface area contributed by atoms with Crippen molar-refractivity contribution in [3.8, 4) is 5.75 Å². The molecule has 1 heterocycles. The number of halogens is 1. The van der Waals surface area contributed by atoms with E-state index in [9.17, 15) is 0 Å². The predicted molar refractivity (Wildman–Crippen MR) is 103 cm³/mol. The summed E-state index contributed by atoms with van der Waals surface area (Å²) in [4.78, 5) is 0. The van der Waals surface area contributed by atoms with Crippen molar-refractivity contribution in [1.82, 2.24) is 0 Å². The number of hydrogen-bond donors (Lipinski definition) is 0. The van der Waals surface area contributed by atoms with E-state index in [4.69, 9.17) is 25.6 Å². The quantitative estimate of drug-likeness (QED) is 0.752. The summed E-state index contributed by atoms with van der Waals surface area (Å²) in [7, 11) is -0.363. The van der Waals surface area contributed by atoms with E-state index in [1.807, 2.05) is 43.3 Å². The molecule has 0 radical (unpaired) electrons. The Morgan fingerprint density at radius 3 is 2.36 bits per heavy atom. The third kappa shape index (κ3) is 3.86. The van der Waals surface area contributed by atoms with Crippen molar-refractivity contribution in [2.75, 3.05) is 0 Å². The second kappa shape index (κ2) is 6.67. The van der Waals surface area contributed by atoms with Crippen LogP contribution in [0.2, 0.25) is 5.02 Å². The molecule has 0 aromatic heterocycles. The van der Waals surface area contributed by atoms with E-state index in [-0.39, 0.29) is 18.3 Å². The highest BCUT2D eigenvalue weighted by atomic mass is 35.5. The third-order valence-corrected chi connectivity index (χ3v) is 5.26. The summed E-state index contributed by atoms with van der Waals surface area (Å²) < 4.78 is 18.2. The molecule has 0 unspecified atom stereocenters. The van der Waals surface area contributed by atoms with E-state index in [0.29, 0.717) is 11.6 Å². The summed E-state index contributed by atoms with van der Waals surface area (Å²) in [6.45, 7) is 10.7. The van der Waals surface area contributed by atoms with Crippen molar-refractivity contribution in [1.29, 1.82) is 0 Å². The smallest absolute Gasteiger partial charge is 0.489 e. The molecule has 0 atom stereocenters. The summed E-state index contributed by atoms with van der Waals surface area (Å²) in [5.74, 6) is 0.800. The Morgan fingerprint density at radius 2 is 1.68 bits per heavy atom. The minimum atomic E-state index is -0.363. The van der Waals surface area contributed by atoms with Crippen LogP contribution >= 0.6 is 11.6 Å². The zero-order valence-corrected chi connectivity index (χ0v) is 16.2. The topological polar surface area (TPSA) is 27.7 Å². The van der Waals surface area contributed by atoms with Gasteiger partial charge in [-0.2, -0.15) is 0 Å². The van der Waals surface area contributed by atoms with Crippen molar-refractivity contribution in [2.45, 2.75) is 52.4 Å². The van der Waals surface area contributed by atoms with Gasteiger partial charge in [-0.3, -0.25) is 0 Å².